The average molecular weight is 399 g/mol. The Morgan fingerprint density at radius 2 is 1.50 bits per heavy atom. The first kappa shape index (κ1) is 18.7. The van der Waals surface area contributed by atoms with Crippen LogP contribution in [-0.2, 0) is 6.54 Å². The molecule has 1 fully saturated rings. The summed E-state index contributed by atoms with van der Waals surface area (Å²) < 4.78 is 1.85. The normalized spacial score (nSPS) is 15.2. The van der Waals surface area contributed by atoms with E-state index in [0.717, 1.165) is 66.4 Å². The molecule has 0 bridgehead atoms. The van der Waals surface area contributed by atoms with E-state index in [1.165, 1.54) is 0 Å². The quantitative estimate of drug-likeness (QED) is 0.523. The van der Waals surface area contributed by atoms with Crippen molar-refractivity contribution < 1.29 is 0 Å². The molecule has 2 aromatic carbocycles. The Kier molecular flexibility index (Phi) is 4.69. The van der Waals surface area contributed by atoms with E-state index in [-0.39, 0.29) is 5.56 Å². The molecule has 0 unspecified atom stereocenters. The smallest absolute Gasteiger partial charge is 0.261 e. The molecule has 152 valence electrons. The van der Waals surface area contributed by atoms with Crippen molar-refractivity contribution in [2.45, 2.75) is 33.2 Å². The van der Waals surface area contributed by atoms with Gasteiger partial charge in [0.15, 0.2) is 5.82 Å². The Morgan fingerprint density at radius 3 is 2.23 bits per heavy atom. The van der Waals surface area contributed by atoms with Crippen LogP contribution in [0.25, 0.3) is 21.9 Å². The van der Waals surface area contributed by atoms with Crippen LogP contribution >= 0.6 is 0 Å². The van der Waals surface area contributed by atoms with Gasteiger partial charge in [-0.2, -0.15) is 0 Å². The molecular weight excluding hydrogens is 374 g/mol. The predicted octanol–water partition coefficient (Wildman–Crippen LogP) is 3.87. The largest absolute Gasteiger partial charge is 0.355 e. The summed E-state index contributed by atoms with van der Waals surface area (Å²) in [5.74, 6) is 2.22. The highest BCUT2D eigenvalue weighted by Crippen LogP contribution is 2.26. The van der Waals surface area contributed by atoms with E-state index in [1.54, 1.807) is 0 Å². The number of fused-ring (bicyclic) bond motifs is 2. The molecule has 4 aromatic rings. The Labute approximate surface area is 175 Å². The minimum absolute atomic E-state index is 0.0665. The van der Waals surface area contributed by atoms with Gasteiger partial charge in [0, 0.05) is 19.6 Å². The molecular formula is C24H25N5O. The standard InChI is InChI=1S/C24H25N5O/c1-16-23(27-22-10-6-5-9-21(22)25-16)28-13-11-18(12-14-28)15-29-17(2)26-20-8-4-3-7-19(20)24(29)30/h3-10,18H,11-15H2,1-2H3. The van der Waals surface area contributed by atoms with E-state index in [0.29, 0.717) is 11.3 Å². The number of nitrogens with zero attached hydrogens (tertiary/aromatic N) is 5. The molecule has 2 aromatic heterocycles. The maximum Gasteiger partial charge on any atom is 0.261 e. The minimum Gasteiger partial charge on any atom is -0.355 e. The number of benzene rings is 2. The number of anilines is 1. The maximum atomic E-state index is 13.0. The highest BCUT2D eigenvalue weighted by atomic mass is 16.1. The van der Waals surface area contributed by atoms with Crippen molar-refractivity contribution in [3.8, 4) is 0 Å². The van der Waals surface area contributed by atoms with Crippen molar-refractivity contribution in [3.05, 3.63) is 70.4 Å². The van der Waals surface area contributed by atoms with Crippen LogP contribution in [0.15, 0.2) is 53.3 Å². The van der Waals surface area contributed by atoms with E-state index in [4.69, 9.17) is 9.97 Å². The van der Waals surface area contributed by atoms with Crippen LogP contribution in [0.1, 0.15) is 24.4 Å². The lowest BCUT2D eigenvalue weighted by molar-refractivity contribution is 0.347. The topological polar surface area (TPSA) is 63.9 Å². The first-order chi connectivity index (χ1) is 14.6. The van der Waals surface area contributed by atoms with Crippen LogP contribution in [0.5, 0.6) is 0 Å². The number of piperidine rings is 1. The molecule has 1 aliphatic rings. The van der Waals surface area contributed by atoms with Gasteiger partial charge in [0.25, 0.3) is 5.56 Å². The summed E-state index contributed by atoms with van der Waals surface area (Å²) >= 11 is 0. The summed E-state index contributed by atoms with van der Waals surface area (Å²) in [5.41, 5.74) is 3.68. The predicted molar refractivity (Wildman–Crippen MR) is 120 cm³/mol. The van der Waals surface area contributed by atoms with Gasteiger partial charge in [-0.25, -0.2) is 15.0 Å². The number of para-hydroxylation sites is 3. The first-order valence-corrected chi connectivity index (χ1v) is 10.5. The van der Waals surface area contributed by atoms with Gasteiger partial charge in [0.2, 0.25) is 0 Å². The van der Waals surface area contributed by atoms with E-state index >= 15 is 0 Å². The van der Waals surface area contributed by atoms with Gasteiger partial charge < -0.3 is 4.90 Å². The Hall–Kier alpha value is -3.28. The lowest BCUT2D eigenvalue weighted by Crippen LogP contribution is -2.37. The summed E-state index contributed by atoms with van der Waals surface area (Å²) in [6.07, 6.45) is 2.04. The molecule has 3 heterocycles. The molecule has 5 rings (SSSR count). The highest BCUT2D eigenvalue weighted by molar-refractivity contribution is 5.77. The van der Waals surface area contributed by atoms with Crippen LogP contribution in [0.3, 0.4) is 0 Å². The van der Waals surface area contributed by atoms with Crippen molar-refractivity contribution in [1.82, 2.24) is 19.5 Å². The third-order valence-corrected chi connectivity index (χ3v) is 6.13. The third-order valence-electron chi connectivity index (χ3n) is 6.13. The van der Waals surface area contributed by atoms with Gasteiger partial charge in [0.05, 0.1) is 27.6 Å². The van der Waals surface area contributed by atoms with Crippen molar-refractivity contribution >= 4 is 27.8 Å². The number of aromatic nitrogens is 4. The lowest BCUT2D eigenvalue weighted by atomic mass is 9.96. The highest BCUT2D eigenvalue weighted by Gasteiger charge is 2.23. The first-order valence-electron chi connectivity index (χ1n) is 10.5. The van der Waals surface area contributed by atoms with Crippen molar-refractivity contribution in [2.75, 3.05) is 18.0 Å². The Bertz CT molecular complexity index is 1290. The molecule has 0 N–H and O–H groups in total. The molecule has 0 radical (unpaired) electrons. The summed E-state index contributed by atoms with van der Waals surface area (Å²) in [5, 5.41) is 0.697. The van der Waals surface area contributed by atoms with Gasteiger partial charge in [-0.1, -0.05) is 24.3 Å². The van der Waals surface area contributed by atoms with Crippen LogP contribution in [0.4, 0.5) is 5.82 Å². The SMILES string of the molecule is Cc1nc2ccccc2nc1N1CCC(Cn2c(C)nc3ccccc3c2=O)CC1. The molecule has 0 amide bonds. The van der Waals surface area contributed by atoms with Crippen LogP contribution in [-0.4, -0.2) is 32.6 Å². The van der Waals surface area contributed by atoms with Crippen LogP contribution in [0.2, 0.25) is 0 Å². The second-order valence-electron chi connectivity index (χ2n) is 8.14. The zero-order chi connectivity index (χ0) is 20.7. The summed E-state index contributed by atoms with van der Waals surface area (Å²) in [7, 11) is 0. The van der Waals surface area contributed by atoms with E-state index in [1.807, 2.05) is 66.9 Å². The second kappa shape index (κ2) is 7.52. The van der Waals surface area contributed by atoms with E-state index in [2.05, 4.69) is 9.88 Å². The number of rotatable bonds is 3. The summed E-state index contributed by atoms with van der Waals surface area (Å²) in [4.78, 5) is 29.5. The van der Waals surface area contributed by atoms with Crippen molar-refractivity contribution in [2.24, 2.45) is 5.92 Å². The zero-order valence-electron chi connectivity index (χ0n) is 17.4. The van der Waals surface area contributed by atoms with Crippen LogP contribution in [0, 0.1) is 19.8 Å². The summed E-state index contributed by atoms with van der Waals surface area (Å²) in [6, 6.07) is 15.6. The molecule has 0 aliphatic carbocycles. The average Bonchev–Trinajstić information content (AvgIpc) is 2.77. The van der Waals surface area contributed by atoms with Crippen molar-refractivity contribution in [1.29, 1.82) is 0 Å². The Balaban J connectivity index is 1.34. The molecule has 1 saturated heterocycles. The fraction of sp³-hybridized carbons (Fsp3) is 0.333. The number of hydrogen-bond donors (Lipinski definition) is 0. The zero-order valence-corrected chi connectivity index (χ0v) is 17.4. The van der Waals surface area contributed by atoms with Gasteiger partial charge in [-0.3, -0.25) is 9.36 Å². The van der Waals surface area contributed by atoms with Gasteiger partial charge in [-0.05, 0) is 56.9 Å². The van der Waals surface area contributed by atoms with Crippen LogP contribution < -0.4 is 10.5 Å². The monoisotopic (exact) mass is 399 g/mol. The lowest BCUT2D eigenvalue weighted by Gasteiger charge is -2.33. The fourth-order valence-electron chi connectivity index (χ4n) is 4.46. The maximum absolute atomic E-state index is 13.0. The number of aryl methyl sites for hydroxylation is 2. The molecule has 6 nitrogen and oxygen atoms in total. The van der Waals surface area contributed by atoms with E-state index in [9.17, 15) is 4.79 Å². The summed E-state index contributed by atoms with van der Waals surface area (Å²) in [6.45, 7) is 6.53. The fourth-order valence-corrected chi connectivity index (χ4v) is 4.46. The van der Waals surface area contributed by atoms with E-state index < -0.39 is 0 Å². The molecule has 6 heteroatoms. The molecule has 0 spiro atoms. The Morgan fingerprint density at radius 1 is 0.867 bits per heavy atom. The molecule has 30 heavy (non-hydrogen) atoms. The molecule has 0 atom stereocenters. The van der Waals surface area contributed by atoms with Crippen molar-refractivity contribution in [3.63, 3.8) is 0 Å². The molecule has 1 aliphatic heterocycles. The van der Waals surface area contributed by atoms with Gasteiger partial charge in [0.1, 0.15) is 5.82 Å². The molecule has 0 saturated carbocycles. The minimum atomic E-state index is 0.0665. The number of hydrogen-bond acceptors (Lipinski definition) is 5. The van der Waals surface area contributed by atoms with Gasteiger partial charge in [-0.15, -0.1) is 0 Å². The third kappa shape index (κ3) is 3.32. The van der Waals surface area contributed by atoms with Gasteiger partial charge >= 0.3 is 0 Å². The second-order valence-corrected chi connectivity index (χ2v) is 8.14.